The highest BCUT2D eigenvalue weighted by atomic mass is 16.2. The first-order chi connectivity index (χ1) is 13.5. The molecule has 0 N–H and O–H groups in total. The van der Waals surface area contributed by atoms with E-state index in [-0.39, 0.29) is 17.7 Å². The van der Waals surface area contributed by atoms with Gasteiger partial charge in [-0.2, -0.15) is 15.5 Å². The average molecular weight is 374 g/mol. The van der Waals surface area contributed by atoms with Gasteiger partial charge < -0.3 is 4.90 Å². The van der Waals surface area contributed by atoms with E-state index >= 15 is 0 Å². The molecule has 0 aromatic carbocycles. The van der Waals surface area contributed by atoms with Crippen LogP contribution >= 0.6 is 0 Å². The van der Waals surface area contributed by atoms with Crippen LogP contribution in [0.25, 0.3) is 16.6 Å². The molecular weight excluding hydrogens is 352 g/mol. The molecule has 4 heterocycles. The number of carbonyl (C=O) groups excluding carboxylic acids is 1. The van der Waals surface area contributed by atoms with Crippen molar-refractivity contribution >= 4 is 17.1 Å². The van der Waals surface area contributed by atoms with Crippen LogP contribution < -0.4 is 4.90 Å². The molecule has 7 heteroatoms. The maximum Gasteiger partial charge on any atom is 0.248 e. The van der Waals surface area contributed by atoms with Gasteiger partial charge in [-0.1, -0.05) is 6.92 Å². The lowest BCUT2D eigenvalue weighted by Crippen LogP contribution is -2.37. The van der Waals surface area contributed by atoms with E-state index in [4.69, 9.17) is 0 Å². The standard InChI is InChI=1S/C21H22N6O/c1-13-10-26(20(28)21(13,12-22)16-4-5-16)18-6-7-23-27-11-15(8-19(18)27)17-9-24-25(3)14(17)2/h6-9,11,13,16H,4-5,10H2,1-3H3/t13-,21+/m1/s1. The summed E-state index contributed by atoms with van der Waals surface area (Å²) in [6, 6.07) is 6.33. The summed E-state index contributed by atoms with van der Waals surface area (Å²) in [5.74, 6) is 0.155. The first kappa shape index (κ1) is 17.0. The summed E-state index contributed by atoms with van der Waals surface area (Å²) in [4.78, 5) is 15.2. The van der Waals surface area contributed by atoms with Crippen LogP contribution in [0.5, 0.6) is 0 Å². The molecule has 2 atom stereocenters. The Morgan fingerprint density at radius 3 is 2.75 bits per heavy atom. The van der Waals surface area contributed by atoms with E-state index < -0.39 is 5.41 Å². The van der Waals surface area contributed by atoms with Gasteiger partial charge in [-0.25, -0.2) is 4.52 Å². The molecule has 1 aliphatic carbocycles. The van der Waals surface area contributed by atoms with Crippen molar-refractivity contribution in [3.05, 3.63) is 36.4 Å². The number of fused-ring (bicyclic) bond motifs is 1. The first-order valence-electron chi connectivity index (χ1n) is 9.67. The predicted octanol–water partition coefficient (Wildman–Crippen LogP) is 2.95. The van der Waals surface area contributed by atoms with Crippen LogP contribution in [0.4, 0.5) is 5.69 Å². The monoisotopic (exact) mass is 374 g/mol. The number of hydrogen-bond acceptors (Lipinski definition) is 4. The number of aryl methyl sites for hydroxylation is 1. The van der Waals surface area contributed by atoms with Gasteiger partial charge in [0.1, 0.15) is 5.41 Å². The van der Waals surface area contributed by atoms with Gasteiger partial charge in [0.2, 0.25) is 5.91 Å². The Labute approximate surface area is 163 Å². The van der Waals surface area contributed by atoms with E-state index in [0.717, 1.165) is 40.9 Å². The molecule has 1 aliphatic heterocycles. The van der Waals surface area contributed by atoms with E-state index in [1.165, 1.54) is 0 Å². The Balaban J connectivity index is 1.61. The third kappa shape index (κ3) is 2.12. The fourth-order valence-electron chi connectivity index (χ4n) is 4.67. The number of rotatable bonds is 3. The molecule has 0 unspecified atom stereocenters. The Bertz CT molecular complexity index is 1150. The topological polar surface area (TPSA) is 79.2 Å². The van der Waals surface area contributed by atoms with Crippen molar-refractivity contribution < 1.29 is 4.79 Å². The largest absolute Gasteiger partial charge is 0.309 e. The van der Waals surface area contributed by atoms with E-state index in [1.807, 2.05) is 50.1 Å². The second-order valence-electron chi connectivity index (χ2n) is 8.11. The van der Waals surface area contributed by atoms with Gasteiger partial charge in [0.15, 0.2) is 0 Å². The van der Waals surface area contributed by atoms with E-state index in [2.05, 4.69) is 16.3 Å². The maximum absolute atomic E-state index is 13.4. The highest BCUT2D eigenvalue weighted by Gasteiger charge is 2.61. The third-order valence-electron chi connectivity index (χ3n) is 6.56. The quantitative estimate of drug-likeness (QED) is 0.706. The minimum absolute atomic E-state index is 0.0146. The Morgan fingerprint density at radius 1 is 1.32 bits per heavy atom. The van der Waals surface area contributed by atoms with Crippen molar-refractivity contribution in [1.29, 1.82) is 5.26 Å². The fraction of sp³-hybridized carbons (Fsp3) is 0.429. The summed E-state index contributed by atoms with van der Waals surface area (Å²) in [5.41, 5.74) is 3.93. The van der Waals surface area contributed by atoms with Gasteiger partial charge in [0, 0.05) is 48.7 Å². The summed E-state index contributed by atoms with van der Waals surface area (Å²) in [6.07, 6.45) is 7.47. The van der Waals surface area contributed by atoms with Crippen molar-refractivity contribution in [2.24, 2.45) is 24.3 Å². The van der Waals surface area contributed by atoms with Gasteiger partial charge in [0.25, 0.3) is 0 Å². The number of anilines is 1. The van der Waals surface area contributed by atoms with E-state index in [0.29, 0.717) is 6.54 Å². The van der Waals surface area contributed by atoms with Crippen molar-refractivity contribution in [3.8, 4) is 17.2 Å². The zero-order valence-corrected chi connectivity index (χ0v) is 16.3. The summed E-state index contributed by atoms with van der Waals surface area (Å²) in [7, 11) is 1.92. The molecule has 2 aliphatic rings. The van der Waals surface area contributed by atoms with Crippen molar-refractivity contribution in [2.45, 2.75) is 26.7 Å². The van der Waals surface area contributed by atoms with Crippen LogP contribution in [-0.4, -0.2) is 31.8 Å². The fourth-order valence-corrected chi connectivity index (χ4v) is 4.67. The van der Waals surface area contributed by atoms with Gasteiger partial charge in [-0.05, 0) is 37.8 Å². The summed E-state index contributed by atoms with van der Waals surface area (Å²) < 4.78 is 3.65. The number of aromatic nitrogens is 4. The van der Waals surface area contributed by atoms with Crippen molar-refractivity contribution in [1.82, 2.24) is 19.4 Å². The lowest BCUT2D eigenvalue weighted by molar-refractivity contribution is -0.124. The minimum Gasteiger partial charge on any atom is -0.309 e. The molecule has 0 spiro atoms. The number of nitriles is 1. The second kappa shape index (κ2) is 5.68. The molecule has 0 bridgehead atoms. The first-order valence-corrected chi connectivity index (χ1v) is 9.67. The molecule has 1 amide bonds. The van der Waals surface area contributed by atoms with Gasteiger partial charge in [0.05, 0.1) is 23.5 Å². The van der Waals surface area contributed by atoms with Crippen LogP contribution in [0.2, 0.25) is 0 Å². The zero-order chi connectivity index (χ0) is 19.6. The SMILES string of the molecule is Cc1c(-c2cc3c(N4C[C@@H](C)[C@@](C#N)(C5CC5)C4=O)ccnn3c2)cnn1C. The van der Waals surface area contributed by atoms with Crippen LogP contribution in [0.3, 0.4) is 0 Å². The van der Waals surface area contributed by atoms with Gasteiger partial charge in [-0.15, -0.1) is 0 Å². The molecular formula is C21H22N6O. The van der Waals surface area contributed by atoms with Crippen LogP contribution in [0.15, 0.2) is 30.7 Å². The highest BCUT2D eigenvalue weighted by Crippen LogP contribution is 2.54. The Morgan fingerprint density at radius 2 is 2.11 bits per heavy atom. The molecule has 2 fully saturated rings. The lowest BCUT2D eigenvalue weighted by atomic mass is 9.75. The number of hydrogen-bond donors (Lipinski definition) is 0. The second-order valence-corrected chi connectivity index (χ2v) is 8.11. The molecule has 28 heavy (non-hydrogen) atoms. The third-order valence-corrected chi connectivity index (χ3v) is 6.56. The van der Waals surface area contributed by atoms with Crippen molar-refractivity contribution in [3.63, 3.8) is 0 Å². The minimum atomic E-state index is -0.879. The smallest absolute Gasteiger partial charge is 0.248 e. The Hall–Kier alpha value is -3.14. The van der Waals surface area contributed by atoms with Gasteiger partial charge >= 0.3 is 0 Å². The van der Waals surface area contributed by atoms with E-state index in [9.17, 15) is 10.1 Å². The average Bonchev–Trinajstić information content (AvgIpc) is 3.28. The summed E-state index contributed by atoms with van der Waals surface area (Å²) in [6.45, 7) is 4.62. The molecule has 1 saturated carbocycles. The molecule has 0 radical (unpaired) electrons. The highest BCUT2D eigenvalue weighted by molar-refractivity contribution is 6.05. The maximum atomic E-state index is 13.4. The molecule has 142 valence electrons. The van der Waals surface area contributed by atoms with Crippen LogP contribution in [-0.2, 0) is 11.8 Å². The Kier molecular flexibility index (Phi) is 3.45. The molecule has 3 aromatic rings. The summed E-state index contributed by atoms with van der Waals surface area (Å²) in [5, 5.41) is 18.7. The molecule has 7 nitrogen and oxygen atoms in total. The van der Waals surface area contributed by atoms with E-state index in [1.54, 1.807) is 15.6 Å². The lowest BCUT2D eigenvalue weighted by Gasteiger charge is -2.23. The number of amides is 1. The van der Waals surface area contributed by atoms with Crippen molar-refractivity contribution in [2.75, 3.05) is 11.4 Å². The normalized spacial score (nSPS) is 24.9. The van der Waals surface area contributed by atoms with Crippen LogP contribution in [0.1, 0.15) is 25.5 Å². The molecule has 1 saturated heterocycles. The van der Waals surface area contributed by atoms with Crippen LogP contribution in [0, 0.1) is 35.5 Å². The predicted molar refractivity (Wildman–Crippen MR) is 104 cm³/mol. The molecule has 5 rings (SSSR count). The zero-order valence-electron chi connectivity index (χ0n) is 16.3. The number of nitrogens with zero attached hydrogens (tertiary/aromatic N) is 6. The number of carbonyl (C=O) groups is 1. The van der Waals surface area contributed by atoms with Gasteiger partial charge in [-0.3, -0.25) is 9.48 Å². The summed E-state index contributed by atoms with van der Waals surface area (Å²) >= 11 is 0. The molecule has 3 aromatic heterocycles.